The van der Waals surface area contributed by atoms with E-state index in [2.05, 4.69) is 4.72 Å². The SMILES string of the molecule is CS(=O)(=O)Nc1cccc2c3c(n(Cc4ccccc4C(F)(F)F)c12)CCCCC3. The third kappa shape index (κ3) is 4.05. The molecule has 0 unspecified atom stereocenters. The van der Waals surface area contributed by atoms with Gasteiger partial charge in [-0.05, 0) is 48.9 Å². The Kier molecular flexibility index (Phi) is 5.30. The number of aromatic nitrogens is 1. The van der Waals surface area contributed by atoms with Gasteiger partial charge in [-0.1, -0.05) is 36.8 Å². The Hall–Kier alpha value is -2.48. The standard InChI is InChI=1S/C22H23F3N2O2S/c1-30(28,29)26-19-12-7-10-17-16-9-3-2-4-13-20(16)27(21(17)19)14-15-8-5-6-11-18(15)22(23,24)25/h5-8,10-12,26H,2-4,9,13-14H2,1H3. The number of para-hydroxylation sites is 1. The molecular weight excluding hydrogens is 413 g/mol. The highest BCUT2D eigenvalue weighted by atomic mass is 32.2. The summed E-state index contributed by atoms with van der Waals surface area (Å²) in [5, 5.41) is 0.907. The molecule has 4 nitrogen and oxygen atoms in total. The predicted octanol–water partition coefficient (Wildman–Crippen LogP) is 5.35. The third-order valence-electron chi connectivity index (χ3n) is 5.59. The summed E-state index contributed by atoms with van der Waals surface area (Å²) in [6.07, 6.45) is 1.25. The number of benzene rings is 2. The highest BCUT2D eigenvalue weighted by molar-refractivity contribution is 7.92. The first-order chi connectivity index (χ1) is 14.1. The van der Waals surface area contributed by atoms with Crippen LogP contribution in [0, 0.1) is 0 Å². The number of sulfonamides is 1. The van der Waals surface area contributed by atoms with Crippen molar-refractivity contribution in [3.63, 3.8) is 0 Å². The number of alkyl halides is 3. The highest BCUT2D eigenvalue weighted by Gasteiger charge is 2.33. The van der Waals surface area contributed by atoms with Crippen LogP contribution in [-0.4, -0.2) is 19.2 Å². The Morgan fingerprint density at radius 1 is 1.00 bits per heavy atom. The van der Waals surface area contributed by atoms with Gasteiger partial charge in [0, 0.05) is 17.6 Å². The summed E-state index contributed by atoms with van der Waals surface area (Å²) in [7, 11) is -3.54. The Morgan fingerprint density at radius 2 is 1.73 bits per heavy atom. The van der Waals surface area contributed by atoms with Crippen LogP contribution in [0.15, 0.2) is 42.5 Å². The maximum Gasteiger partial charge on any atom is 0.416 e. The maximum absolute atomic E-state index is 13.6. The molecule has 0 fully saturated rings. The second kappa shape index (κ2) is 7.65. The van der Waals surface area contributed by atoms with Gasteiger partial charge < -0.3 is 4.57 Å². The minimum Gasteiger partial charge on any atom is -0.338 e. The van der Waals surface area contributed by atoms with Crippen molar-refractivity contribution in [2.24, 2.45) is 0 Å². The molecule has 3 aromatic rings. The van der Waals surface area contributed by atoms with Gasteiger partial charge in [-0.15, -0.1) is 0 Å². The molecule has 0 bridgehead atoms. The molecule has 0 amide bonds. The zero-order valence-corrected chi connectivity index (χ0v) is 17.4. The normalized spacial score (nSPS) is 15.1. The van der Waals surface area contributed by atoms with Crippen molar-refractivity contribution in [2.45, 2.75) is 44.8 Å². The number of halogens is 3. The molecule has 1 heterocycles. The molecule has 160 valence electrons. The molecule has 8 heteroatoms. The lowest BCUT2D eigenvalue weighted by Crippen LogP contribution is -2.14. The van der Waals surface area contributed by atoms with Crippen LogP contribution in [0.4, 0.5) is 18.9 Å². The fraction of sp³-hybridized carbons (Fsp3) is 0.364. The zero-order chi connectivity index (χ0) is 21.5. The molecule has 4 rings (SSSR count). The number of hydrogen-bond donors (Lipinski definition) is 1. The summed E-state index contributed by atoms with van der Waals surface area (Å²) in [5.41, 5.74) is 2.66. The average molecular weight is 436 g/mol. The quantitative estimate of drug-likeness (QED) is 0.561. The van der Waals surface area contributed by atoms with Crippen LogP contribution in [0.5, 0.6) is 0 Å². The highest BCUT2D eigenvalue weighted by Crippen LogP contribution is 2.38. The van der Waals surface area contributed by atoms with Crippen molar-refractivity contribution in [1.29, 1.82) is 0 Å². The van der Waals surface area contributed by atoms with Crippen molar-refractivity contribution in [2.75, 3.05) is 11.0 Å². The van der Waals surface area contributed by atoms with Gasteiger partial charge in [0.2, 0.25) is 10.0 Å². The minimum atomic E-state index is -4.45. The Morgan fingerprint density at radius 3 is 2.47 bits per heavy atom. The van der Waals surface area contributed by atoms with Crippen LogP contribution in [0.1, 0.15) is 41.6 Å². The van der Waals surface area contributed by atoms with Gasteiger partial charge in [0.25, 0.3) is 0 Å². The molecular formula is C22H23F3N2O2S. The Balaban J connectivity index is 1.96. The van der Waals surface area contributed by atoms with Crippen LogP contribution in [0.25, 0.3) is 10.9 Å². The van der Waals surface area contributed by atoms with E-state index in [1.165, 1.54) is 12.1 Å². The fourth-order valence-electron chi connectivity index (χ4n) is 4.43. The summed E-state index contributed by atoms with van der Waals surface area (Å²) in [6.45, 7) is 0.0317. The lowest BCUT2D eigenvalue weighted by molar-refractivity contribution is -0.138. The predicted molar refractivity (Wildman–Crippen MR) is 112 cm³/mol. The molecule has 1 aliphatic rings. The van der Waals surface area contributed by atoms with Crippen molar-refractivity contribution < 1.29 is 21.6 Å². The van der Waals surface area contributed by atoms with Gasteiger partial charge in [-0.2, -0.15) is 13.2 Å². The number of anilines is 1. The Bertz CT molecular complexity index is 1200. The van der Waals surface area contributed by atoms with E-state index in [-0.39, 0.29) is 12.1 Å². The number of rotatable bonds is 4. The lowest BCUT2D eigenvalue weighted by Gasteiger charge is -2.17. The second-order valence-corrected chi connectivity index (χ2v) is 9.55. The number of nitrogens with zero attached hydrogens (tertiary/aromatic N) is 1. The van der Waals surface area contributed by atoms with Gasteiger partial charge in [0.05, 0.1) is 23.0 Å². The zero-order valence-electron chi connectivity index (χ0n) is 16.6. The molecule has 0 saturated carbocycles. The molecule has 0 radical (unpaired) electrons. The molecule has 0 atom stereocenters. The van der Waals surface area contributed by atoms with Gasteiger partial charge in [0.15, 0.2) is 0 Å². The van der Waals surface area contributed by atoms with Crippen LogP contribution < -0.4 is 4.72 Å². The summed E-state index contributed by atoms with van der Waals surface area (Å²) >= 11 is 0. The molecule has 30 heavy (non-hydrogen) atoms. The first-order valence-corrected chi connectivity index (χ1v) is 11.8. The van der Waals surface area contributed by atoms with Crippen LogP contribution in [0.3, 0.4) is 0 Å². The summed E-state index contributed by atoms with van der Waals surface area (Å²) in [6, 6.07) is 10.9. The number of aryl methyl sites for hydroxylation is 1. The molecule has 0 aliphatic heterocycles. The van der Waals surface area contributed by atoms with Crippen molar-refractivity contribution >= 4 is 26.6 Å². The van der Waals surface area contributed by atoms with E-state index < -0.39 is 21.8 Å². The molecule has 0 spiro atoms. The molecule has 2 aromatic carbocycles. The van der Waals surface area contributed by atoms with Gasteiger partial charge >= 0.3 is 6.18 Å². The first kappa shape index (κ1) is 20.8. The topological polar surface area (TPSA) is 51.1 Å². The fourth-order valence-corrected chi connectivity index (χ4v) is 4.99. The molecule has 1 aliphatic carbocycles. The first-order valence-electron chi connectivity index (χ1n) is 9.91. The van der Waals surface area contributed by atoms with Gasteiger partial charge in [0.1, 0.15) is 0 Å². The van der Waals surface area contributed by atoms with Crippen molar-refractivity contribution in [3.8, 4) is 0 Å². The summed E-state index contributed by atoms with van der Waals surface area (Å²) < 4.78 is 69.1. The van der Waals surface area contributed by atoms with Crippen LogP contribution in [0.2, 0.25) is 0 Å². The smallest absolute Gasteiger partial charge is 0.338 e. The number of hydrogen-bond acceptors (Lipinski definition) is 2. The van der Waals surface area contributed by atoms with Crippen LogP contribution >= 0.6 is 0 Å². The Labute approximate surface area is 173 Å². The third-order valence-corrected chi connectivity index (χ3v) is 6.18. The molecule has 1 N–H and O–H groups in total. The van der Waals surface area contributed by atoms with Crippen molar-refractivity contribution in [3.05, 3.63) is 64.8 Å². The molecule has 1 aromatic heterocycles. The minimum absolute atomic E-state index is 0.0317. The van der Waals surface area contributed by atoms with E-state index in [1.807, 2.05) is 10.6 Å². The van der Waals surface area contributed by atoms with E-state index in [9.17, 15) is 21.6 Å². The monoisotopic (exact) mass is 436 g/mol. The average Bonchev–Trinajstić information content (AvgIpc) is 2.80. The van der Waals surface area contributed by atoms with Crippen LogP contribution in [-0.2, 0) is 35.6 Å². The van der Waals surface area contributed by atoms with E-state index in [4.69, 9.17) is 0 Å². The summed E-state index contributed by atoms with van der Waals surface area (Å²) in [5.74, 6) is 0. The van der Waals surface area contributed by atoms with Crippen molar-refractivity contribution in [1.82, 2.24) is 4.57 Å². The van der Waals surface area contributed by atoms with Gasteiger partial charge in [-0.25, -0.2) is 8.42 Å². The lowest BCUT2D eigenvalue weighted by atomic mass is 10.1. The maximum atomic E-state index is 13.6. The number of nitrogens with one attached hydrogen (secondary N) is 1. The van der Waals surface area contributed by atoms with Gasteiger partial charge in [-0.3, -0.25) is 4.72 Å². The van der Waals surface area contributed by atoms with E-state index in [0.29, 0.717) is 11.2 Å². The molecule has 0 saturated heterocycles. The van der Waals surface area contributed by atoms with E-state index in [1.54, 1.807) is 18.2 Å². The van der Waals surface area contributed by atoms with E-state index in [0.717, 1.165) is 61.1 Å². The van der Waals surface area contributed by atoms with E-state index >= 15 is 0 Å². The number of fused-ring (bicyclic) bond motifs is 3. The summed E-state index contributed by atoms with van der Waals surface area (Å²) in [4.78, 5) is 0. The second-order valence-electron chi connectivity index (χ2n) is 7.80. The largest absolute Gasteiger partial charge is 0.416 e.